The minimum absolute atomic E-state index is 0. The first-order chi connectivity index (χ1) is 35.9. The Morgan fingerprint density at radius 1 is 0.577 bits per heavy atom. The van der Waals surface area contributed by atoms with Crippen molar-refractivity contribution in [3.05, 3.63) is 146 Å². The third-order valence-electron chi connectivity index (χ3n) is 9.10. The van der Waals surface area contributed by atoms with Gasteiger partial charge in [0.1, 0.15) is 34.5 Å². The number of nitrogens with one attached hydrogen (secondary N) is 1. The molecule has 0 spiro atoms. The van der Waals surface area contributed by atoms with Crippen LogP contribution in [0.1, 0.15) is 14.9 Å². The fourth-order valence-electron chi connectivity index (χ4n) is 5.58. The Hall–Kier alpha value is -6.74. The zero-order chi connectivity index (χ0) is 57.5. The maximum atomic E-state index is 12.1. The summed E-state index contributed by atoms with van der Waals surface area (Å²) in [5.74, 6) is 1.30. The van der Waals surface area contributed by atoms with Crippen molar-refractivity contribution < 1.29 is 59.0 Å². The molecular weight excluding hydrogens is 1130 g/mol. The number of para-hydroxylation sites is 6. The highest BCUT2D eigenvalue weighted by Crippen LogP contribution is 2.29. The maximum Gasteiger partial charge on any atom is 0.474 e. The van der Waals surface area contributed by atoms with Crippen LogP contribution in [0.2, 0.25) is 0 Å². The monoisotopic (exact) mass is 1200 g/mol. The van der Waals surface area contributed by atoms with Crippen LogP contribution in [0.25, 0.3) is 0 Å². The summed E-state index contributed by atoms with van der Waals surface area (Å²) in [6.45, 7) is 0. The lowest BCUT2D eigenvalue weighted by Gasteiger charge is -2.09. The quantitative estimate of drug-likeness (QED) is 0.0699. The van der Waals surface area contributed by atoms with Gasteiger partial charge in [-0.15, -0.1) is 37.5 Å². The van der Waals surface area contributed by atoms with E-state index in [2.05, 4.69) is 25.7 Å². The van der Waals surface area contributed by atoms with Gasteiger partial charge in [-0.3, -0.25) is 4.79 Å². The average molecular weight is 1200 g/mol. The maximum absolute atomic E-state index is 12.1. The minimum atomic E-state index is -5.14. The fourth-order valence-corrected chi connectivity index (χ4v) is 10.7. The molecule has 0 heterocycles. The molecule has 1 N–H and O–H groups in total. The number of alkyl halides is 3. The molecule has 0 fully saturated rings. The van der Waals surface area contributed by atoms with Crippen LogP contribution in [0, 0.1) is 27.7 Å². The Labute approximate surface area is 471 Å². The van der Waals surface area contributed by atoms with E-state index >= 15 is 0 Å². The van der Waals surface area contributed by atoms with Crippen LogP contribution in [0.4, 0.5) is 13.2 Å². The number of thioether (sulfide) groups is 1. The molecule has 426 valence electrons. The lowest BCUT2D eigenvalue weighted by Crippen LogP contribution is -2.22. The van der Waals surface area contributed by atoms with Crippen molar-refractivity contribution in [2.24, 2.45) is 13.1 Å². The Morgan fingerprint density at radius 3 is 1.29 bits per heavy atom. The zero-order valence-corrected chi connectivity index (χ0v) is 48.3. The molecule has 0 bridgehead atoms. The SMILES string of the molecule is C.C.COc1ccccc1S.COc1ccccc1S(C)(=N)=O.COc1ccccc1S(C)(=O)=NC#N.COc1ccccc1S(C)(=O)=NC(=O)C(F)(F)F.COc1ccccc1S(C)=NC#N.COc1ccccc1SC. The van der Waals surface area contributed by atoms with E-state index in [-0.39, 0.29) is 25.5 Å². The second kappa shape index (κ2) is 37.1. The normalized spacial score (nSPS) is 12.5. The molecule has 25 heteroatoms. The van der Waals surface area contributed by atoms with Crippen LogP contribution in [0.15, 0.2) is 188 Å². The van der Waals surface area contributed by atoms with Crippen LogP contribution in [-0.2, 0) is 44.7 Å². The number of benzene rings is 6. The molecule has 4 atom stereocenters. The third-order valence-corrected chi connectivity index (χ3v) is 16.0. The molecule has 0 aliphatic heterocycles. The highest BCUT2D eigenvalue weighted by Gasteiger charge is 2.39. The number of nitriles is 2. The third kappa shape index (κ3) is 25.2. The first kappa shape index (κ1) is 73.3. The molecule has 0 radical (unpaired) electrons. The highest BCUT2D eigenvalue weighted by molar-refractivity contribution is 7.98. The Morgan fingerprint density at radius 2 is 0.936 bits per heavy atom. The van der Waals surface area contributed by atoms with E-state index in [0.29, 0.717) is 21.3 Å². The van der Waals surface area contributed by atoms with Crippen molar-refractivity contribution in [2.45, 2.75) is 50.4 Å². The van der Waals surface area contributed by atoms with Gasteiger partial charge in [-0.25, -0.2) is 17.4 Å². The molecule has 0 aliphatic rings. The van der Waals surface area contributed by atoms with Gasteiger partial charge in [0.25, 0.3) is 0 Å². The van der Waals surface area contributed by atoms with E-state index < -0.39 is 52.0 Å². The minimum Gasteiger partial charge on any atom is -0.496 e. The molecule has 0 aromatic heterocycles. The second-order valence-electron chi connectivity index (χ2n) is 14.3. The molecule has 1 amide bonds. The van der Waals surface area contributed by atoms with Crippen molar-refractivity contribution in [2.75, 3.05) is 73.9 Å². The standard InChI is InChI=1S/C10H10F3NO3S.C9H10N2O2S.C9H10N2OS.C8H11NO2S.C8H10OS.C7H8OS.2CH4/c1-17-7-5-3-4-6-8(7)18(2,16)14-9(15)10(11,12)13;1-13-8-5-3-4-6-9(8)14(2,12)11-7-10;1-12-8-5-3-4-6-9(8)13(2)11-7-10;1-11-7-5-3-4-6-8(7)12(2,9)10;1-9-7-5-3-4-6-8(7)10-2;1-8-6-4-2-3-5-7(6)9;;/h3-6H,1-2H3;3-6H,1-2H3;3-6H,1-2H3;3-6,9H,1-2H3;3-6H,1-2H3;2-5,9H,1H3;2*1H4. The van der Waals surface area contributed by atoms with Crippen molar-refractivity contribution in [3.8, 4) is 46.9 Å². The van der Waals surface area contributed by atoms with Gasteiger partial charge in [-0.05, 0) is 85.3 Å². The molecule has 6 aromatic carbocycles. The summed E-state index contributed by atoms with van der Waals surface area (Å²) in [6.07, 6.45) is 5.89. The first-order valence-corrected chi connectivity index (χ1v) is 30.4. The van der Waals surface area contributed by atoms with E-state index in [0.717, 1.165) is 33.3 Å². The number of halogens is 3. The van der Waals surface area contributed by atoms with Crippen molar-refractivity contribution >= 4 is 70.2 Å². The number of hydrogen-bond acceptors (Lipinski definition) is 17. The molecule has 78 heavy (non-hydrogen) atoms. The van der Waals surface area contributed by atoms with Crippen LogP contribution < -0.4 is 28.4 Å². The Balaban J connectivity index is 0. The molecule has 0 saturated carbocycles. The summed E-state index contributed by atoms with van der Waals surface area (Å²) in [7, 11) is -0.0402. The smallest absolute Gasteiger partial charge is 0.474 e. The molecule has 6 aromatic rings. The predicted octanol–water partition coefficient (Wildman–Crippen LogP) is 13.2. The highest BCUT2D eigenvalue weighted by atomic mass is 32.2. The Bertz CT molecular complexity index is 3290. The fraction of sp³-hybridized carbons (Fsp3) is 0.264. The van der Waals surface area contributed by atoms with Gasteiger partial charge < -0.3 is 28.4 Å². The van der Waals surface area contributed by atoms with E-state index in [1.165, 1.54) is 56.9 Å². The molecule has 16 nitrogen and oxygen atoms in total. The summed E-state index contributed by atoms with van der Waals surface area (Å²) in [5, 5.41) is 16.8. The molecule has 6 rings (SSSR count). The number of nitrogens with zero attached hydrogens (tertiary/aromatic N) is 5. The van der Waals surface area contributed by atoms with Gasteiger partial charge in [0.15, 0.2) is 0 Å². The van der Waals surface area contributed by atoms with Gasteiger partial charge >= 0.3 is 12.1 Å². The van der Waals surface area contributed by atoms with Crippen molar-refractivity contribution in [1.29, 1.82) is 15.3 Å². The number of carbonyl (C=O) groups excluding carboxylic acids is 1. The van der Waals surface area contributed by atoms with Crippen LogP contribution in [0.5, 0.6) is 34.5 Å². The second-order valence-corrected chi connectivity index (χ2v) is 23.8. The number of hydrogen-bond donors (Lipinski definition) is 2. The van der Waals surface area contributed by atoms with Crippen LogP contribution >= 0.6 is 24.4 Å². The summed E-state index contributed by atoms with van der Waals surface area (Å²) in [6, 6.07) is 42.6. The molecule has 4 unspecified atom stereocenters. The summed E-state index contributed by atoms with van der Waals surface area (Å²) in [4.78, 5) is 14.6. The van der Waals surface area contributed by atoms with Gasteiger partial charge in [-0.2, -0.15) is 23.7 Å². The van der Waals surface area contributed by atoms with Crippen molar-refractivity contribution in [1.82, 2.24) is 0 Å². The number of carbonyl (C=O) groups is 1. The lowest BCUT2D eigenvalue weighted by atomic mass is 10.3. The summed E-state index contributed by atoms with van der Waals surface area (Å²) in [5.41, 5.74) is 0. The van der Waals surface area contributed by atoms with Gasteiger partial charge in [-0.1, -0.05) is 98.3 Å². The van der Waals surface area contributed by atoms with E-state index in [1.54, 1.807) is 100 Å². The topological polar surface area (TPSA) is 232 Å². The number of amides is 1. The predicted molar refractivity (Wildman–Crippen MR) is 311 cm³/mol. The largest absolute Gasteiger partial charge is 0.496 e. The number of methoxy groups -OCH3 is 6. The van der Waals surface area contributed by atoms with Gasteiger partial charge in [0, 0.05) is 28.6 Å². The molecule has 0 saturated heterocycles. The molecule has 0 aliphatic carbocycles. The first-order valence-electron chi connectivity index (χ1n) is 21.3. The van der Waals surface area contributed by atoms with Crippen LogP contribution in [-0.4, -0.2) is 98.6 Å². The van der Waals surface area contributed by atoms with E-state index in [1.807, 2.05) is 85.3 Å². The zero-order valence-electron chi connectivity index (χ0n) is 43.3. The summed E-state index contributed by atoms with van der Waals surface area (Å²) >= 11 is 5.85. The lowest BCUT2D eigenvalue weighted by molar-refractivity contribution is -0.169. The van der Waals surface area contributed by atoms with E-state index in [9.17, 15) is 30.6 Å². The number of ether oxygens (including phenoxy) is 6. The average Bonchev–Trinajstić information content (AvgIpc) is 3.41. The molecular formula is C53H67F3N6O10S6. The van der Waals surface area contributed by atoms with Gasteiger partial charge in [0.05, 0.1) is 91.4 Å². The van der Waals surface area contributed by atoms with Crippen molar-refractivity contribution in [3.63, 3.8) is 0 Å². The Kier molecular flexibility index (Phi) is 34.9. The van der Waals surface area contributed by atoms with Gasteiger partial charge in [0.2, 0.25) is 12.4 Å². The van der Waals surface area contributed by atoms with E-state index in [4.69, 9.17) is 43.7 Å². The number of thiol groups is 1. The van der Waals surface area contributed by atoms with Crippen LogP contribution in [0.3, 0.4) is 0 Å². The number of rotatable bonds is 11. The summed E-state index contributed by atoms with van der Waals surface area (Å²) < 4.78 is 119.